The number of ether oxygens (including phenoxy) is 1. The van der Waals surface area contributed by atoms with Gasteiger partial charge in [-0.1, -0.05) is 0 Å². The van der Waals surface area contributed by atoms with Crippen LogP contribution in [0.5, 0.6) is 0 Å². The highest BCUT2D eigenvalue weighted by Gasteiger charge is 2.72. The van der Waals surface area contributed by atoms with E-state index >= 15 is 0 Å². The monoisotopic (exact) mass is 194 g/mol. The van der Waals surface area contributed by atoms with E-state index in [2.05, 4.69) is 4.74 Å². The third kappa shape index (κ3) is 1.76. The van der Waals surface area contributed by atoms with Gasteiger partial charge in [-0.2, -0.15) is 0 Å². The maximum Gasteiger partial charge on any atom is 0.313 e. The van der Waals surface area contributed by atoms with Gasteiger partial charge in [0.05, 0.1) is 5.92 Å². The van der Waals surface area contributed by atoms with E-state index < -0.39 is 36.3 Å². The van der Waals surface area contributed by atoms with Gasteiger partial charge < -0.3 is 9.84 Å². The number of hydrogen-bond acceptors (Lipinski definition) is 3. The lowest BCUT2D eigenvalue weighted by atomic mass is 10.3. The van der Waals surface area contributed by atoms with Crippen LogP contribution in [0.4, 0.5) is 8.78 Å². The first-order chi connectivity index (χ1) is 5.87. The Hall–Kier alpha value is -1.20. The maximum absolute atomic E-state index is 12.6. The zero-order valence-electron chi connectivity index (χ0n) is 6.79. The van der Waals surface area contributed by atoms with Gasteiger partial charge in [-0.3, -0.25) is 9.59 Å². The van der Waals surface area contributed by atoms with E-state index in [9.17, 15) is 18.4 Å². The van der Waals surface area contributed by atoms with Crippen LogP contribution in [0.1, 0.15) is 6.92 Å². The van der Waals surface area contributed by atoms with Crippen LogP contribution in [0, 0.1) is 11.8 Å². The second-order valence-corrected chi connectivity index (χ2v) is 2.90. The van der Waals surface area contributed by atoms with Crippen molar-refractivity contribution in [3.8, 4) is 0 Å². The highest BCUT2D eigenvalue weighted by atomic mass is 19.3. The third-order valence-corrected chi connectivity index (χ3v) is 1.93. The summed E-state index contributed by atoms with van der Waals surface area (Å²) in [6.45, 7) is 0.551. The van der Waals surface area contributed by atoms with Gasteiger partial charge in [-0.25, -0.2) is 8.78 Å². The highest BCUT2D eigenvalue weighted by molar-refractivity contribution is 5.76. The van der Waals surface area contributed by atoms with Crippen molar-refractivity contribution in [1.82, 2.24) is 0 Å². The molecule has 1 aliphatic rings. The summed E-state index contributed by atoms with van der Waals surface area (Å²) in [6, 6.07) is 0. The van der Waals surface area contributed by atoms with Gasteiger partial charge in [0.15, 0.2) is 0 Å². The molecule has 0 aromatic heterocycles. The predicted molar refractivity (Wildman–Crippen MR) is 36.2 cm³/mol. The zero-order valence-corrected chi connectivity index (χ0v) is 6.79. The Labute approximate surface area is 72.5 Å². The summed E-state index contributed by atoms with van der Waals surface area (Å²) in [7, 11) is 0. The van der Waals surface area contributed by atoms with Gasteiger partial charge in [0.2, 0.25) is 0 Å². The van der Waals surface area contributed by atoms with E-state index in [4.69, 9.17) is 5.11 Å². The van der Waals surface area contributed by atoms with Crippen molar-refractivity contribution in [3.63, 3.8) is 0 Å². The predicted octanol–water partition coefficient (Wildman–Crippen LogP) is 0.515. The molecule has 0 saturated heterocycles. The topological polar surface area (TPSA) is 63.6 Å². The van der Waals surface area contributed by atoms with Crippen molar-refractivity contribution in [1.29, 1.82) is 0 Å². The quantitative estimate of drug-likeness (QED) is 0.665. The maximum atomic E-state index is 12.6. The number of rotatable bonds is 3. The molecule has 1 aliphatic carbocycles. The molecule has 2 atom stereocenters. The number of halogens is 2. The molecule has 6 heteroatoms. The second-order valence-electron chi connectivity index (χ2n) is 2.90. The molecule has 0 amide bonds. The second kappa shape index (κ2) is 2.93. The van der Waals surface area contributed by atoms with Crippen LogP contribution in [0.25, 0.3) is 0 Å². The Balaban J connectivity index is 2.46. The molecule has 0 bridgehead atoms. The average molecular weight is 194 g/mol. The van der Waals surface area contributed by atoms with E-state index in [0.29, 0.717) is 0 Å². The van der Waals surface area contributed by atoms with Crippen LogP contribution in [0.2, 0.25) is 0 Å². The molecular formula is C7H8F2O4. The summed E-state index contributed by atoms with van der Waals surface area (Å²) >= 11 is 0. The van der Waals surface area contributed by atoms with Gasteiger partial charge in [0.1, 0.15) is 12.5 Å². The first-order valence-corrected chi connectivity index (χ1v) is 3.61. The van der Waals surface area contributed by atoms with Crippen LogP contribution in [0.15, 0.2) is 0 Å². The molecule has 0 aromatic carbocycles. The first-order valence-electron chi connectivity index (χ1n) is 3.61. The summed E-state index contributed by atoms with van der Waals surface area (Å²) in [5, 5.41) is 8.30. The van der Waals surface area contributed by atoms with Crippen molar-refractivity contribution in [3.05, 3.63) is 0 Å². The Morgan fingerprint density at radius 2 is 2.08 bits per heavy atom. The zero-order chi connectivity index (χ0) is 10.2. The standard InChI is InChI=1S/C7H8F2O4/c1-3(10)13-2-4-5(6(11)12)7(4,8)9/h4-5H,2H2,1H3,(H,11,12)/t4-,5-/m0/s1. The number of carbonyl (C=O) groups excluding carboxylic acids is 1. The molecule has 74 valence electrons. The minimum atomic E-state index is -3.23. The number of alkyl halides is 2. The summed E-state index contributed by atoms with van der Waals surface area (Å²) in [4.78, 5) is 20.5. The van der Waals surface area contributed by atoms with E-state index in [0.717, 1.165) is 6.92 Å². The van der Waals surface area contributed by atoms with E-state index in [-0.39, 0.29) is 0 Å². The number of carboxylic acids is 1. The fraction of sp³-hybridized carbons (Fsp3) is 0.714. The molecule has 0 radical (unpaired) electrons. The van der Waals surface area contributed by atoms with Crippen molar-refractivity contribution in [2.24, 2.45) is 11.8 Å². The number of esters is 1. The summed E-state index contributed by atoms with van der Waals surface area (Å²) < 4.78 is 29.5. The number of carbonyl (C=O) groups is 2. The molecule has 0 aromatic rings. The minimum absolute atomic E-state index is 0.528. The smallest absolute Gasteiger partial charge is 0.313 e. The van der Waals surface area contributed by atoms with Gasteiger partial charge in [-0.15, -0.1) is 0 Å². The van der Waals surface area contributed by atoms with E-state index in [1.54, 1.807) is 0 Å². The van der Waals surface area contributed by atoms with Gasteiger partial charge in [0, 0.05) is 6.92 Å². The normalized spacial score (nSPS) is 29.5. The van der Waals surface area contributed by atoms with Gasteiger partial charge in [0.25, 0.3) is 5.92 Å². The van der Waals surface area contributed by atoms with Gasteiger partial charge >= 0.3 is 11.9 Å². The van der Waals surface area contributed by atoms with Crippen LogP contribution in [0.3, 0.4) is 0 Å². The van der Waals surface area contributed by atoms with Crippen LogP contribution < -0.4 is 0 Å². The van der Waals surface area contributed by atoms with E-state index in [1.807, 2.05) is 0 Å². The first kappa shape index (κ1) is 9.88. The van der Waals surface area contributed by atoms with Crippen molar-refractivity contribution >= 4 is 11.9 Å². The van der Waals surface area contributed by atoms with Crippen LogP contribution in [-0.4, -0.2) is 29.6 Å². The SMILES string of the molecule is CC(=O)OC[C@H]1[C@@H](C(=O)O)C1(F)F. The Morgan fingerprint density at radius 3 is 2.38 bits per heavy atom. The molecule has 1 fully saturated rings. The molecule has 0 spiro atoms. The lowest BCUT2D eigenvalue weighted by Gasteiger charge is -1.97. The van der Waals surface area contributed by atoms with Crippen molar-refractivity contribution in [2.75, 3.05) is 6.61 Å². The molecule has 0 unspecified atom stereocenters. The van der Waals surface area contributed by atoms with Crippen molar-refractivity contribution in [2.45, 2.75) is 12.8 Å². The third-order valence-electron chi connectivity index (χ3n) is 1.93. The Kier molecular flexibility index (Phi) is 2.23. The van der Waals surface area contributed by atoms with Crippen LogP contribution in [-0.2, 0) is 14.3 Å². The molecule has 0 aliphatic heterocycles. The number of carboxylic acid groups (broad SMARTS) is 1. The minimum Gasteiger partial charge on any atom is -0.481 e. The average Bonchev–Trinajstić information content (AvgIpc) is 2.48. The van der Waals surface area contributed by atoms with Crippen LogP contribution >= 0.6 is 0 Å². The molecule has 1 saturated carbocycles. The van der Waals surface area contributed by atoms with Gasteiger partial charge in [-0.05, 0) is 0 Å². The van der Waals surface area contributed by atoms with E-state index in [1.165, 1.54) is 0 Å². The lowest BCUT2D eigenvalue weighted by Crippen LogP contribution is -2.06. The molecule has 0 heterocycles. The summed E-state index contributed by atoms with van der Waals surface area (Å²) in [5.41, 5.74) is 0. The molecule has 13 heavy (non-hydrogen) atoms. The summed E-state index contributed by atoms with van der Waals surface area (Å²) in [5.74, 6) is -8.55. The lowest BCUT2D eigenvalue weighted by molar-refractivity contribution is -0.144. The number of hydrogen-bond donors (Lipinski definition) is 1. The van der Waals surface area contributed by atoms with Crippen molar-refractivity contribution < 1.29 is 28.2 Å². The number of aliphatic carboxylic acids is 1. The fourth-order valence-electron chi connectivity index (χ4n) is 1.14. The highest BCUT2D eigenvalue weighted by Crippen LogP contribution is 2.55. The fourth-order valence-corrected chi connectivity index (χ4v) is 1.14. The molecule has 1 N–H and O–H groups in total. The Morgan fingerprint density at radius 1 is 1.54 bits per heavy atom. The Bertz CT molecular complexity index is 251. The molecular weight excluding hydrogens is 186 g/mol. The molecule has 4 nitrogen and oxygen atoms in total. The summed E-state index contributed by atoms with van der Waals surface area (Å²) in [6.07, 6.45) is 0. The molecule has 1 rings (SSSR count). The largest absolute Gasteiger partial charge is 0.481 e.